The molecule has 2 aromatic rings. The van der Waals surface area contributed by atoms with Gasteiger partial charge in [-0.05, 0) is 35.6 Å². The highest BCUT2D eigenvalue weighted by Gasteiger charge is 2.76. The Morgan fingerprint density at radius 2 is 1.63 bits per heavy atom. The maximum atomic E-state index is 15.5. The van der Waals surface area contributed by atoms with E-state index in [1.54, 1.807) is 32.3 Å². The molecule has 3 amide bonds. The highest BCUT2D eigenvalue weighted by molar-refractivity contribution is 5.96. The fourth-order valence-corrected chi connectivity index (χ4v) is 8.98. The van der Waals surface area contributed by atoms with Crippen molar-refractivity contribution in [3.05, 3.63) is 77.4 Å². The summed E-state index contributed by atoms with van der Waals surface area (Å²) in [5.74, 6) is -2.50. The number of rotatable bonds is 19. The average Bonchev–Trinajstić information content (AvgIpc) is 3.76. The summed E-state index contributed by atoms with van der Waals surface area (Å²) < 4.78 is 20.2. The lowest BCUT2D eigenvalue weighted by Crippen LogP contribution is -2.70. The van der Waals surface area contributed by atoms with Gasteiger partial charge < -0.3 is 34.4 Å². The van der Waals surface area contributed by atoms with Crippen LogP contribution in [0.5, 0.6) is 0 Å². The van der Waals surface area contributed by atoms with Gasteiger partial charge in [-0.15, -0.1) is 0 Å². The van der Waals surface area contributed by atoms with Crippen molar-refractivity contribution in [1.82, 2.24) is 20.2 Å². The van der Waals surface area contributed by atoms with E-state index in [1.165, 1.54) is 15.9 Å². The van der Waals surface area contributed by atoms with Crippen molar-refractivity contribution >= 4 is 29.8 Å². The van der Waals surface area contributed by atoms with Gasteiger partial charge in [-0.3, -0.25) is 24.0 Å². The number of esters is 1. The second-order valence-corrected chi connectivity index (χ2v) is 16.2. The number of fused-ring (bicyclic) bond motifs is 4. The van der Waals surface area contributed by atoms with E-state index in [1.807, 2.05) is 54.6 Å². The summed E-state index contributed by atoms with van der Waals surface area (Å²) in [5.41, 5.74) is 0.939. The molecule has 1 saturated carbocycles. The number of carbonyl (C=O) groups excluding carboxylic acids is 4. The summed E-state index contributed by atoms with van der Waals surface area (Å²) in [6, 6.07) is 14.9. The number of carbonyl (C=O) groups is 4. The zero-order valence-corrected chi connectivity index (χ0v) is 34.1. The van der Waals surface area contributed by atoms with Crippen LogP contribution in [-0.4, -0.2) is 120 Å². The Bertz CT molecular complexity index is 1740. The fourth-order valence-electron chi connectivity index (χ4n) is 8.98. The lowest BCUT2D eigenvalue weighted by molar-refractivity contribution is -0.225. The highest BCUT2D eigenvalue weighted by Crippen LogP contribution is 2.58. The van der Waals surface area contributed by atoms with Gasteiger partial charge in [0.2, 0.25) is 17.7 Å². The third-order valence-corrected chi connectivity index (χ3v) is 11.9. The SMILES string of the molecule is CCCCCC1(CCCCC)O[C@@H]2[C@H](O1)[C@H]1ON(Cc3cccc(C=CC(=O)N(C)C)c3)[C@@H]3C(=O)O[C@@H]2C[C@]13C(=O)N(C)[C@H](Cc1ccccc1)C(=O)NCCO. The quantitative estimate of drug-likeness (QED) is 0.119. The summed E-state index contributed by atoms with van der Waals surface area (Å²) in [4.78, 5) is 65.9. The molecule has 6 rings (SSSR count). The number of ether oxygens (including phenoxy) is 3. The molecule has 1 aliphatic carbocycles. The van der Waals surface area contributed by atoms with Crippen LogP contribution in [0.1, 0.15) is 88.3 Å². The molecule has 0 unspecified atom stereocenters. The number of aliphatic hydroxyl groups is 1. The van der Waals surface area contributed by atoms with Crippen LogP contribution in [0, 0.1) is 5.41 Å². The van der Waals surface area contributed by atoms with Crippen molar-refractivity contribution < 1.29 is 43.3 Å². The first-order chi connectivity index (χ1) is 27.5. The Hall–Kier alpha value is -4.14. The van der Waals surface area contributed by atoms with Gasteiger partial charge in [0.15, 0.2) is 11.8 Å². The zero-order valence-electron chi connectivity index (χ0n) is 34.1. The number of likely N-dealkylation sites (N-methyl/N-ethyl adjacent to an activating group) is 2. The third kappa shape index (κ3) is 8.97. The van der Waals surface area contributed by atoms with Gasteiger partial charge in [0, 0.05) is 59.4 Å². The minimum Gasteiger partial charge on any atom is -0.458 e. The fraction of sp³-hybridized carbons (Fsp3) is 0.591. The number of hydrogen-bond acceptors (Lipinski definition) is 10. The second kappa shape index (κ2) is 18.6. The number of hydrogen-bond donors (Lipinski definition) is 2. The molecule has 3 heterocycles. The van der Waals surface area contributed by atoms with E-state index in [2.05, 4.69) is 19.2 Å². The van der Waals surface area contributed by atoms with Crippen LogP contribution < -0.4 is 5.32 Å². The number of hydroxylamine groups is 2. The molecule has 7 atom stereocenters. The summed E-state index contributed by atoms with van der Waals surface area (Å²) in [6.07, 6.45) is 7.71. The smallest absolute Gasteiger partial charge is 0.327 e. The van der Waals surface area contributed by atoms with E-state index < -0.39 is 65.5 Å². The average molecular weight is 789 g/mol. The van der Waals surface area contributed by atoms with E-state index >= 15 is 4.79 Å². The van der Waals surface area contributed by atoms with Gasteiger partial charge in [0.25, 0.3) is 0 Å². The molecule has 4 aliphatic rings. The highest BCUT2D eigenvalue weighted by atomic mass is 16.8. The van der Waals surface area contributed by atoms with Crippen LogP contribution in [-0.2, 0) is 51.2 Å². The van der Waals surface area contributed by atoms with Crippen LogP contribution >= 0.6 is 0 Å². The van der Waals surface area contributed by atoms with E-state index in [-0.39, 0.29) is 38.4 Å². The first-order valence-electron chi connectivity index (χ1n) is 20.6. The second-order valence-electron chi connectivity index (χ2n) is 16.2. The molecule has 57 heavy (non-hydrogen) atoms. The van der Waals surface area contributed by atoms with Crippen molar-refractivity contribution in [3.63, 3.8) is 0 Å². The first-order valence-corrected chi connectivity index (χ1v) is 20.6. The number of nitrogens with zero attached hydrogens (tertiary/aromatic N) is 3. The Kier molecular flexibility index (Phi) is 13.9. The maximum Gasteiger partial charge on any atom is 0.327 e. The predicted molar refractivity (Wildman–Crippen MR) is 213 cm³/mol. The van der Waals surface area contributed by atoms with E-state index in [4.69, 9.17) is 19.0 Å². The van der Waals surface area contributed by atoms with Crippen LogP contribution in [0.2, 0.25) is 0 Å². The molecular weight excluding hydrogens is 729 g/mol. The molecule has 0 spiro atoms. The number of unbranched alkanes of at least 4 members (excludes halogenated alkanes) is 4. The molecule has 2 N–H and O–H groups in total. The molecule has 2 aromatic carbocycles. The Labute approximate surface area is 336 Å². The standard InChI is InChI=1S/C44H60N4O9/c1-6-8-13-22-43(23-14-9-7-2)55-36-34-28-44(42(53)47(5)33(40(51)45-24-25-49)27-30-16-11-10-12-17-30)38(41(52)54-34)48(57-39(44)37(36)56-43)29-32-19-15-18-31(26-32)20-21-35(50)46(3)4/h10-12,15-21,26,33-34,36-39,49H,6-9,13-14,22-25,27-29H2,1-5H3,(H,45,51)/t33-,34-,36+,37+,38-,39-,44-/m1/s1. The van der Waals surface area contributed by atoms with Crippen molar-refractivity contribution in [2.24, 2.45) is 5.41 Å². The lowest BCUT2D eigenvalue weighted by Gasteiger charge is -2.50. The van der Waals surface area contributed by atoms with E-state index in [0.717, 1.165) is 55.2 Å². The molecule has 2 bridgehead atoms. The van der Waals surface area contributed by atoms with Crippen LogP contribution in [0.4, 0.5) is 0 Å². The Balaban J connectivity index is 1.39. The van der Waals surface area contributed by atoms with E-state index in [0.29, 0.717) is 12.8 Å². The monoisotopic (exact) mass is 788 g/mol. The van der Waals surface area contributed by atoms with Crippen LogP contribution in [0.3, 0.4) is 0 Å². The summed E-state index contributed by atoms with van der Waals surface area (Å²) in [6.45, 7) is 4.20. The van der Waals surface area contributed by atoms with Crippen LogP contribution in [0.25, 0.3) is 6.08 Å². The Morgan fingerprint density at radius 3 is 2.30 bits per heavy atom. The van der Waals surface area contributed by atoms with Gasteiger partial charge in [-0.1, -0.05) is 94.1 Å². The molecule has 0 aromatic heterocycles. The largest absolute Gasteiger partial charge is 0.458 e. The summed E-state index contributed by atoms with van der Waals surface area (Å²) in [5, 5.41) is 13.9. The van der Waals surface area contributed by atoms with Crippen molar-refractivity contribution in [2.75, 3.05) is 34.3 Å². The molecular formula is C44H60N4O9. The minimum absolute atomic E-state index is 0.0263. The maximum absolute atomic E-state index is 15.5. The number of nitrogens with one attached hydrogen (secondary N) is 1. The van der Waals surface area contributed by atoms with Gasteiger partial charge >= 0.3 is 5.97 Å². The Morgan fingerprint density at radius 1 is 0.947 bits per heavy atom. The molecule has 3 aliphatic heterocycles. The lowest BCUT2D eigenvalue weighted by atomic mass is 9.62. The normalized spacial score (nSPS) is 26.5. The first kappa shape index (κ1) is 42.5. The molecule has 13 heteroatoms. The van der Waals surface area contributed by atoms with Gasteiger partial charge in [0.1, 0.15) is 35.9 Å². The van der Waals surface area contributed by atoms with Gasteiger partial charge in [-0.2, -0.15) is 5.06 Å². The number of amides is 3. The number of benzene rings is 2. The van der Waals surface area contributed by atoms with Crippen molar-refractivity contribution in [1.29, 1.82) is 0 Å². The van der Waals surface area contributed by atoms with Gasteiger partial charge in [0.05, 0.1) is 13.2 Å². The van der Waals surface area contributed by atoms with E-state index in [9.17, 15) is 19.5 Å². The molecule has 13 nitrogen and oxygen atoms in total. The number of aliphatic hydroxyl groups excluding tert-OH is 1. The minimum atomic E-state index is -1.48. The molecule has 3 saturated heterocycles. The van der Waals surface area contributed by atoms with Crippen molar-refractivity contribution in [2.45, 2.75) is 127 Å². The third-order valence-electron chi connectivity index (χ3n) is 11.9. The zero-order chi connectivity index (χ0) is 40.7. The predicted octanol–water partition coefficient (Wildman–Crippen LogP) is 4.41. The van der Waals surface area contributed by atoms with Gasteiger partial charge in [-0.25, -0.2) is 0 Å². The summed E-state index contributed by atoms with van der Waals surface area (Å²) in [7, 11) is 4.97. The molecule has 310 valence electrons. The summed E-state index contributed by atoms with van der Waals surface area (Å²) >= 11 is 0. The topological polar surface area (TPSA) is 147 Å². The van der Waals surface area contributed by atoms with Crippen molar-refractivity contribution in [3.8, 4) is 0 Å². The van der Waals surface area contributed by atoms with Crippen LogP contribution in [0.15, 0.2) is 60.7 Å². The molecule has 4 fully saturated rings. The molecule has 0 radical (unpaired) electrons.